The Bertz CT molecular complexity index is 426. The van der Waals surface area contributed by atoms with E-state index in [2.05, 4.69) is 4.99 Å². The lowest BCUT2D eigenvalue weighted by atomic mass is 10.1. The van der Waals surface area contributed by atoms with Crippen LogP contribution in [-0.2, 0) is 6.18 Å². The fourth-order valence-corrected chi connectivity index (χ4v) is 1.32. The van der Waals surface area contributed by atoms with Crippen LogP contribution in [0.25, 0.3) is 0 Å². The molecule has 2 rings (SSSR count). The summed E-state index contributed by atoms with van der Waals surface area (Å²) in [4.78, 5) is 3.79. The minimum absolute atomic E-state index is 0.111. The van der Waals surface area contributed by atoms with E-state index >= 15 is 0 Å². The fourth-order valence-electron chi connectivity index (χ4n) is 1.32. The molecule has 1 aliphatic rings. The number of benzene rings is 1. The second kappa shape index (κ2) is 3.15. The normalized spacial score (nSPS) is 15.3. The Kier molecular flexibility index (Phi) is 2.06. The van der Waals surface area contributed by atoms with Gasteiger partial charge in [-0.2, -0.15) is 13.2 Å². The zero-order valence-electron chi connectivity index (χ0n) is 7.51. The average Bonchev–Trinajstić information content (AvgIpc) is 2.15. The van der Waals surface area contributed by atoms with Gasteiger partial charge in [-0.25, -0.2) is 4.99 Å². The van der Waals surface area contributed by atoms with Gasteiger partial charge in [0.25, 0.3) is 0 Å². The summed E-state index contributed by atoms with van der Waals surface area (Å²) in [5, 5.41) is 0. The molecule has 0 bridgehead atoms. The second-order valence-electron chi connectivity index (χ2n) is 3.04. The number of rotatable bonds is 0. The van der Waals surface area contributed by atoms with Crippen LogP contribution in [0.15, 0.2) is 23.2 Å². The van der Waals surface area contributed by atoms with Crippen molar-refractivity contribution in [3.8, 4) is 5.75 Å². The summed E-state index contributed by atoms with van der Waals surface area (Å²) in [5.41, 5.74) is 4.65. The smallest absolute Gasteiger partial charge is 0.420 e. The van der Waals surface area contributed by atoms with E-state index in [1.54, 1.807) is 0 Å². The third-order valence-corrected chi connectivity index (χ3v) is 1.93. The van der Waals surface area contributed by atoms with E-state index < -0.39 is 11.7 Å². The Labute approximate surface area is 83.4 Å². The zero-order valence-corrected chi connectivity index (χ0v) is 7.51. The minimum Gasteiger partial charge on any atom is -0.483 e. The maximum atomic E-state index is 12.5. The monoisotopic (exact) mass is 216 g/mol. The number of para-hydroxylation sites is 1. The van der Waals surface area contributed by atoms with E-state index in [9.17, 15) is 13.2 Å². The molecule has 0 amide bonds. The molecule has 0 unspecified atom stereocenters. The molecular formula is C9H7F3N2O. The Hall–Kier alpha value is -1.72. The van der Waals surface area contributed by atoms with Crippen LogP contribution < -0.4 is 10.5 Å². The number of fused-ring (bicyclic) bond motifs is 1. The van der Waals surface area contributed by atoms with Gasteiger partial charge in [0, 0.05) is 0 Å². The van der Waals surface area contributed by atoms with Crippen LogP contribution in [0.2, 0.25) is 0 Å². The minimum atomic E-state index is -4.44. The average molecular weight is 216 g/mol. The van der Waals surface area contributed by atoms with Crippen molar-refractivity contribution >= 4 is 11.5 Å². The summed E-state index contributed by atoms with van der Waals surface area (Å²) in [6.07, 6.45) is -4.44. The summed E-state index contributed by atoms with van der Waals surface area (Å²) >= 11 is 0. The number of amidine groups is 1. The standard InChI is InChI=1S/C9H7F3N2O/c10-9(11,12)5-2-1-3-6-8(5)15-4-7(13)14-6/h1-3H,4H2,(H2,13,14). The molecule has 15 heavy (non-hydrogen) atoms. The predicted molar refractivity (Wildman–Crippen MR) is 48.2 cm³/mol. The van der Waals surface area contributed by atoms with Crippen LogP contribution >= 0.6 is 0 Å². The number of nitrogens with zero attached hydrogens (tertiary/aromatic N) is 1. The molecule has 0 fully saturated rings. The van der Waals surface area contributed by atoms with Crippen molar-refractivity contribution in [2.24, 2.45) is 10.7 Å². The topological polar surface area (TPSA) is 47.6 Å². The van der Waals surface area contributed by atoms with Crippen molar-refractivity contribution in [1.29, 1.82) is 0 Å². The Morgan fingerprint density at radius 1 is 1.33 bits per heavy atom. The highest BCUT2D eigenvalue weighted by Crippen LogP contribution is 2.42. The van der Waals surface area contributed by atoms with Crippen LogP contribution in [0.3, 0.4) is 0 Å². The van der Waals surface area contributed by atoms with Gasteiger partial charge in [-0.15, -0.1) is 0 Å². The van der Waals surface area contributed by atoms with Crippen molar-refractivity contribution in [3.63, 3.8) is 0 Å². The summed E-state index contributed by atoms with van der Waals surface area (Å²) in [7, 11) is 0. The first-order valence-corrected chi connectivity index (χ1v) is 4.14. The SMILES string of the molecule is NC1=Nc2cccc(C(F)(F)F)c2OC1. The first kappa shape index (κ1) is 9.82. The van der Waals surface area contributed by atoms with E-state index in [1.165, 1.54) is 12.1 Å². The first-order chi connectivity index (χ1) is 6.98. The van der Waals surface area contributed by atoms with E-state index in [1.807, 2.05) is 0 Å². The molecule has 1 aromatic rings. The summed E-state index contributed by atoms with van der Waals surface area (Å²) < 4.78 is 42.5. The maximum absolute atomic E-state index is 12.5. The molecule has 2 N–H and O–H groups in total. The van der Waals surface area contributed by atoms with Crippen LogP contribution in [0.1, 0.15) is 5.56 Å². The molecule has 1 aliphatic heterocycles. The van der Waals surface area contributed by atoms with Gasteiger partial charge in [-0.1, -0.05) is 6.07 Å². The quantitative estimate of drug-likeness (QED) is 0.721. The molecule has 6 heteroatoms. The van der Waals surface area contributed by atoms with Gasteiger partial charge in [0.05, 0.1) is 5.56 Å². The molecule has 0 spiro atoms. The van der Waals surface area contributed by atoms with Crippen LogP contribution in [0.5, 0.6) is 5.75 Å². The molecule has 1 aromatic carbocycles. The molecular weight excluding hydrogens is 209 g/mol. The van der Waals surface area contributed by atoms with Gasteiger partial charge in [-0.05, 0) is 12.1 Å². The molecule has 0 saturated heterocycles. The summed E-state index contributed by atoms with van der Waals surface area (Å²) in [6.45, 7) is -0.111. The van der Waals surface area contributed by atoms with Crippen LogP contribution in [0, 0.1) is 0 Å². The molecule has 0 atom stereocenters. The third-order valence-electron chi connectivity index (χ3n) is 1.93. The van der Waals surface area contributed by atoms with Crippen molar-refractivity contribution in [2.75, 3.05) is 6.61 Å². The van der Waals surface area contributed by atoms with Crippen molar-refractivity contribution in [2.45, 2.75) is 6.18 Å². The van der Waals surface area contributed by atoms with Crippen molar-refractivity contribution in [3.05, 3.63) is 23.8 Å². The van der Waals surface area contributed by atoms with Crippen LogP contribution in [-0.4, -0.2) is 12.4 Å². The van der Waals surface area contributed by atoms with Gasteiger partial charge in [-0.3, -0.25) is 0 Å². The van der Waals surface area contributed by atoms with E-state index in [0.717, 1.165) is 6.07 Å². The molecule has 0 aromatic heterocycles. The van der Waals surface area contributed by atoms with Gasteiger partial charge in [0.1, 0.15) is 18.1 Å². The number of hydrogen-bond acceptors (Lipinski definition) is 3. The van der Waals surface area contributed by atoms with E-state index in [0.29, 0.717) is 0 Å². The number of aliphatic imine (C=N–C) groups is 1. The predicted octanol–water partition coefficient (Wildman–Crippen LogP) is 2.09. The second-order valence-corrected chi connectivity index (χ2v) is 3.04. The molecule has 3 nitrogen and oxygen atoms in total. The van der Waals surface area contributed by atoms with Crippen molar-refractivity contribution in [1.82, 2.24) is 0 Å². The zero-order chi connectivity index (χ0) is 11.1. The number of alkyl halides is 3. The number of hydrogen-bond donors (Lipinski definition) is 1. The van der Waals surface area contributed by atoms with Gasteiger partial charge < -0.3 is 10.5 Å². The highest BCUT2D eigenvalue weighted by molar-refractivity contribution is 5.87. The lowest BCUT2D eigenvalue weighted by Gasteiger charge is -2.18. The molecule has 0 radical (unpaired) electrons. The van der Waals surface area contributed by atoms with Crippen molar-refractivity contribution < 1.29 is 17.9 Å². The fraction of sp³-hybridized carbons (Fsp3) is 0.222. The largest absolute Gasteiger partial charge is 0.483 e. The third kappa shape index (κ3) is 1.74. The maximum Gasteiger partial charge on any atom is 0.420 e. The summed E-state index contributed by atoms with van der Waals surface area (Å²) in [5.74, 6) is -0.0824. The van der Waals surface area contributed by atoms with E-state index in [4.69, 9.17) is 10.5 Å². The Morgan fingerprint density at radius 2 is 2.07 bits per heavy atom. The highest BCUT2D eigenvalue weighted by atomic mass is 19.4. The first-order valence-electron chi connectivity index (χ1n) is 4.14. The molecule has 0 saturated carbocycles. The van der Waals surface area contributed by atoms with Gasteiger partial charge >= 0.3 is 6.18 Å². The highest BCUT2D eigenvalue weighted by Gasteiger charge is 2.36. The Morgan fingerprint density at radius 3 is 2.73 bits per heavy atom. The van der Waals surface area contributed by atoms with Crippen LogP contribution in [0.4, 0.5) is 18.9 Å². The molecule has 80 valence electrons. The van der Waals surface area contributed by atoms with Gasteiger partial charge in [0.2, 0.25) is 0 Å². The number of ether oxygens (including phenoxy) is 1. The lowest BCUT2D eigenvalue weighted by Crippen LogP contribution is -2.24. The Balaban J connectivity index is 2.57. The molecule has 1 heterocycles. The van der Waals surface area contributed by atoms with E-state index in [-0.39, 0.29) is 23.9 Å². The lowest BCUT2D eigenvalue weighted by molar-refractivity contribution is -0.138. The summed E-state index contributed by atoms with van der Waals surface area (Å²) in [6, 6.07) is 3.65. The molecule has 0 aliphatic carbocycles. The van der Waals surface area contributed by atoms with Gasteiger partial charge in [0.15, 0.2) is 5.75 Å². The number of nitrogens with two attached hydrogens (primary N) is 1. The number of halogens is 3.